The van der Waals surface area contributed by atoms with Crippen LogP contribution < -0.4 is 0 Å². The Morgan fingerprint density at radius 2 is 1.90 bits per heavy atom. The summed E-state index contributed by atoms with van der Waals surface area (Å²) in [4.78, 5) is 22.9. The van der Waals surface area contributed by atoms with Crippen molar-refractivity contribution in [3.8, 4) is 0 Å². The van der Waals surface area contributed by atoms with Crippen molar-refractivity contribution in [1.29, 1.82) is 0 Å². The first-order chi connectivity index (χ1) is 9.57. The minimum absolute atomic E-state index is 0.164. The molecule has 1 aliphatic heterocycles. The molecule has 2 unspecified atom stereocenters. The number of ether oxygens (including phenoxy) is 1. The third-order valence-electron chi connectivity index (χ3n) is 4.60. The van der Waals surface area contributed by atoms with Crippen LogP contribution in [0, 0.1) is 22.7 Å². The van der Waals surface area contributed by atoms with Crippen LogP contribution in [-0.4, -0.2) is 11.9 Å². The van der Waals surface area contributed by atoms with Crippen LogP contribution >= 0.6 is 0 Å². The lowest BCUT2D eigenvalue weighted by Gasteiger charge is -2.28. The number of hydrogen-bond donors (Lipinski definition) is 0. The molecular weight excluding hydrogens is 264 g/mol. The molecule has 0 amide bonds. The van der Waals surface area contributed by atoms with E-state index in [1.54, 1.807) is 0 Å². The van der Waals surface area contributed by atoms with Crippen LogP contribution in [0.2, 0.25) is 0 Å². The summed E-state index contributed by atoms with van der Waals surface area (Å²) in [5, 5.41) is 0. The van der Waals surface area contributed by atoms with Crippen molar-refractivity contribution < 1.29 is 14.3 Å². The Kier molecular flexibility index (Phi) is 5.77. The van der Waals surface area contributed by atoms with Gasteiger partial charge < -0.3 is 4.74 Å². The van der Waals surface area contributed by atoms with E-state index >= 15 is 0 Å². The van der Waals surface area contributed by atoms with Crippen molar-refractivity contribution in [3.05, 3.63) is 12.2 Å². The number of rotatable bonds is 7. The molecule has 0 aromatic rings. The van der Waals surface area contributed by atoms with Gasteiger partial charge in [-0.2, -0.15) is 0 Å². The summed E-state index contributed by atoms with van der Waals surface area (Å²) in [6.45, 7) is 13.1. The topological polar surface area (TPSA) is 43.4 Å². The van der Waals surface area contributed by atoms with E-state index < -0.39 is 0 Å². The third kappa shape index (κ3) is 5.29. The molecule has 0 bridgehead atoms. The maximum Gasteiger partial charge on any atom is 0.317 e. The number of allylic oxidation sites excluding steroid dienone is 2. The number of hydrogen-bond acceptors (Lipinski definition) is 3. The van der Waals surface area contributed by atoms with Crippen LogP contribution in [0.4, 0.5) is 0 Å². The molecule has 0 radical (unpaired) electrons. The first-order valence-corrected chi connectivity index (χ1v) is 7.99. The summed E-state index contributed by atoms with van der Waals surface area (Å²) in [5.41, 5.74) is -0.0797. The zero-order valence-corrected chi connectivity index (χ0v) is 14.4. The number of carbonyl (C=O) groups is 2. The molecule has 0 saturated carbocycles. The Bertz CT molecular complexity index is 418. The van der Waals surface area contributed by atoms with E-state index in [0.717, 1.165) is 12.8 Å². The van der Waals surface area contributed by atoms with E-state index in [1.807, 2.05) is 13.8 Å². The molecule has 0 N–H and O–H groups in total. The van der Waals surface area contributed by atoms with E-state index in [-0.39, 0.29) is 35.1 Å². The molecule has 0 aromatic heterocycles. The molecule has 3 heteroatoms. The molecular formula is C18H30O3. The largest absolute Gasteiger partial charge is 0.393 e. The zero-order chi connectivity index (χ0) is 16.3. The summed E-state index contributed by atoms with van der Waals surface area (Å²) in [6.07, 6.45) is 7.77. The van der Waals surface area contributed by atoms with Gasteiger partial charge in [-0.05, 0) is 29.6 Å². The number of carbonyl (C=O) groups excluding carboxylic acids is 2. The quantitative estimate of drug-likeness (QED) is 0.394. The predicted molar refractivity (Wildman–Crippen MR) is 84.6 cm³/mol. The average molecular weight is 294 g/mol. The van der Waals surface area contributed by atoms with Crippen LogP contribution in [-0.2, 0) is 14.3 Å². The molecule has 1 saturated heterocycles. The Balaban J connectivity index is 2.62. The van der Waals surface area contributed by atoms with Gasteiger partial charge in [0.15, 0.2) is 0 Å². The fourth-order valence-corrected chi connectivity index (χ4v) is 3.00. The average Bonchev–Trinajstić information content (AvgIpc) is 2.68. The van der Waals surface area contributed by atoms with Crippen LogP contribution in [0.25, 0.3) is 0 Å². The smallest absolute Gasteiger partial charge is 0.317 e. The van der Waals surface area contributed by atoms with Crippen molar-refractivity contribution in [2.75, 3.05) is 0 Å². The Morgan fingerprint density at radius 1 is 1.29 bits per heavy atom. The van der Waals surface area contributed by atoms with Gasteiger partial charge in [-0.15, -0.1) is 0 Å². The zero-order valence-electron chi connectivity index (χ0n) is 14.4. The van der Waals surface area contributed by atoms with Gasteiger partial charge in [0.1, 0.15) is 0 Å². The van der Waals surface area contributed by atoms with Gasteiger partial charge in [0, 0.05) is 0 Å². The lowest BCUT2D eigenvalue weighted by Crippen LogP contribution is -2.27. The molecule has 0 aromatic carbocycles. The van der Waals surface area contributed by atoms with Gasteiger partial charge in [0.05, 0.1) is 12.3 Å². The molecule has 0 aliphatic carbocycles. The first-order valence-electron chi connectivity index (χ1n) is 7.99. The van der Waals surface area contributed by atoms with Crippen molar-refractivity contribution >= 4 is 11.9 Å². The summed E-state index contributed by atoms with van der Waals surface area (Å²) >= 11 is 0. The van der Waals surface area contributed by atoms with Gasteiger partial charge >= 0.3 is 11.9 Å². The molecule has 2 atom stereocenters. The molecule has 1 fully saturated rings. The van der Waals surface area contributed by atoms with E-state index in [9.17, 15) is 9.59 Å². The van der Waals surface area contributed by atoms with Gasteiger partial charge in [-0.25, -0.2) is 0 Å². The van der Waals surface area contributed by atoms with Gasteiger partial charge in [-0.1, -0.05) is 60.1 Å². The maximum atomic E-state index is 11.7. The van der Waals surface area contributed by atoms with Crippen LogP contribution in [0.15, 0.2) is 12.2 Å². The van der Waals surface area contributed by atoms with Crippen LogP contribution in [0.5, 0.6) is 0 Å². The Labute approximate surface area is 129 Å². The van der Waals surface area contributed by atoms with Gasteiger partial charge in [0.25, 0.3) is 0 Å². The second-order valence-electron chi connectivity index (χ2n) is 7.85. The molecule has 3 nitrogen and oxygen atoms in total. The van der Waals surface area contributed by atoms with E-state index in [4.69, 9.17) is 0 Å². The molecule has 0 spiro atoms. The minimum Gasteiger partial charge on any atom is -0.393 e. The van der Waals surface area contributed by atoms with E-state index in [1.165, 1.54) is 6.42 Å². The van der Waals surface area contributed by atoms with Gasteiger partial charge in [-0.3, -0.25) is 9.59 Å². The summed E-state index contributed by atoms with van der Waals surface area (Å²) in [7, 11) is 0. The summed E-state index contributed by atoms with van der Waals surface area (Å²) in [5.74, 6) is -0.358. The first kappa shape index (κ1) is 17.9. The van der Waals surface area contributed by atoms with Crippen LogP contribution in [0.1, 0.15) is 67.2 Å². The normalized spacial score (nSPS) is 21.9. The highest BCUT2D eigenvalue weighted by Crippen LogP contribution is 2.38. The number of cyclic esters (lactones) is 2. The highest BCUT2D eigenvalue weighted by atomic mass is 16.6. The summed E-state index contributed by atoms with van der Waals surface area (Å²) < 4.78 is 4.67. The highest BCUT2D eigenvalue weighted by Gasteiger charge is 2.43. The van der Waals surface area contributed by atoms with Crippen molar-refractivity contribution in [2.24, 2.45) is 22.7 Å². The Morgan fingerprint density at radius 3 is 2.38 bits per heavy atom. The Hall–Kier alpha value is -1.12. The predicted octanol–water partition coefficient (Wildman–Crippen LogP) is 4.51. The van der Waals surface area contributed by atoms with E-state index in [2.05, 4.69) is 44.6 Å². The summed E-state index contributed by atoms with van der Waals surface area (Å²) in [6, 6.07) is 0. The van der Waals surface area contributed by atoms with Gasteiger partial charge in [0.2, 0.25) is 0 Å². The number of esters is 2. The lowest BCUT2D eigenvalue weighted by molar-refractivity contribution is -0.154. The third-order valence-corrected chi connectivity index (χ3v) is 4.60. The molecule has 1 rings (SSSR count). The highest BCUT2D eigenvalue weighted by molar-refractivity contribution is 5.95. The fourth-order valence-electron chi connectivity index (χ4n) is 3.00. The molecule has 1 heterocycles. The van der Waals surface area contributed by atoms with E-state index in [0.29, 0.717) is 5.92 Å². The van der Waals surface area contributed by atoms with Crippen molar-refractivity contribution in [1.82, 2.24) is 0 Å². The SMILES string of the molecule is CCC(C)CC(C)(C)C=CCC(C)(C)C1CC(=O)OC1=O. The maximum absolute atomic E-state index is 11.7. The fraction of sp³-hybridized carbons (Fsp3) is 0.778. The van der Waals surface area contributed by atoms with Crippen molar-refractivity contribution in [2.45, 2.75) is 67.2 Å². The standard InChI is InChI=1S/C18H30O3/c1-7-13(2)12-17(3,4)9-8-10-18(5,6)14-11-15(19)21-16(14)20/h8-9,13-14H,7,10-12H2,1-6H3. The second-order valence-corrected chi connectivity index (χ2v) is 7.85. The van der Waals surface area contributed by atoms with Crippen molar-refractivity contribution in [3.63, 3.8) is 0 Å². The monoisotopic (exact) mass is 294 g/mol. The van der Waals surface area contributed by atoms with Crippen LogP contribution in [0.3, 0.4) is 0 Å². The molecule has 120 valence electrons. The second kappa shape index (κ2) is 6.76. The minimum atomic E-state index is -0.390. The molecule has 1 aliphatic rings. The lowest BCUT2D eigenvalue weighted by atomic mass is 9.74. The molecule has 21 heavy (non-hydrogen) atoms.